The molecule has 1 heterocycles. The van der Waals surface area contributed by atoms with E-state index in [0.29, 0.717) is 26.3 Å². The normalized spacial score (nSPS) is 16.5. The van der Waals surface area contributed by atoms with Crippen LogP contribution in [0.3, 0.4) is 0 Å². The molecule has 1 aliphatic rings. The number of nitrogens with zero attached hydrogens (tertiary/aromatic N) is 2. The van der Waals surface area contributed by atoms with Gasteiger partial charge < -0.3 is 9.47 Å². The van der Waals surface area contributed by atoms with Gasteiger partial charge in [-0.3, -0.25) is 19.4 Å². The van der Waals surface area contributed by atoms with Gasteiger partial charge in [0.2, 0.25) is 0 Å². The standard InChI is InChI=1S/C14H24N2O4/c1-12(11-20-3)15(7-4-10-19-2)8-9-16-13(17)5-6-14(16)18/h5-6,12H,4,7-11H2,1-3H3. The van der Waals surface area contributed by atoms with Crippen LogP contribution in [-0.2, 0) is 19.1 Å². The summed E-state index contributed by atoms with van der Waals surface area (Å²) in [5.41, 5.74) is 0. The summed E-state index contributed by atoms with van der Waals surface area (Å²) in [6.45, 7) is 5.29. The number of hydrogen-bond donors (Lipinski definition) is 0. The van der Waals surface area contributed by atoms with Crippen molar-refractivity contribution in [2.45, 2.75) is 19.4 Å². The molecule has 0 radical (unpaired) electrons. The SMILES string of the molecule is COCCCN(CCN1C(=O)C=CC1=O)C(C)COC. The lowest BCUT2D eigenvalue weighted by Gasteiger charge is -2.30. The smallest absolute Gasteiger partial charge is 0.253 e. The first-order valence-electron chi connectivity index (χ1n) is 6.85. The summed E-state index contributed by atoms with van der Waals surface area (Å²) in [6, 6.07) is 0.234. The number of carbonyl (C=O) groups excluding carboxylic acids is 2. The van der Waals surface area contributed by atoms with E-state index in [9.17, 15) is 9.59 Å². The van der Waals surface area contributed by atoms with Crippen LogP contribution in [0, 0.1) is 0 Å². The van der Waals surface area contributed by atoms with Crippen LogP contribution >= 0.6 is 0 Å². The predicted molar refractivity (Wildman–Crippen MR) is 75.3 cm³/mol. The van der Waals surface area contributed by atoms with Gasteiger partial charge in [-0.15, -0.1) is 0 Å². The minimum Gasteiger partial charge on any atom is -0.385 e. The van der Waals surface area contributed by atoms with Gasteiger partial charge in [-0.2, -0.15) is 0 Å². The summed E-state index contributed by atoms with van der Waals surface area (Å²) in [5.74, 6) is -0.461. The van der Waals surface area contributed by atoms with Gasteiger partial charge >= 0.3 is 0 Å². The average molecular weight is 284 g/mol. The molecule has 0 bridgehead atoms. The molecule has 1 rings (SSSR count). The fraction of sp³-hybridized carbons (Fsp3) is 0.714. The molecule has 1 aliphatic heterocycles. The largest absolute Gasteiger partial charge is 0.385 e. The third-order valence-electron chi connectivity index (χ3n) is 3.34. The van der Waals surface area contributed by atoms with E-state index in [2.05, 4.69) is 11.8 Å². The molecule has 114 valence electrons. The van der Waals surface area contributed by atoms with Gasteiger partial charge in [0, 0.05) is 58.7 Å². The van der Waals surface area contributed by atoms with E-state index >= 15 is 0 Å². The summed E-state index contributed by atoms with van der Waals surface area (Å²) >= 11 is 0. The second kappa shape index (κ2) is 8.84. The molecule has 6 heteroatoms. The lowest BCUT2D eigenvalue weighted by Crippen LogP contribution is -2.44. The minimum absolute atomic E-state index is 0.230. The van der Waals surface area contributed by atoms with Gasteiger partial charge in [-0.25, -0.2) is 0 Å². The topological polar surface area (TPSA) is 59.1 Å². The van der Waals surface area contributed by atoms with Crippen molar-refractivity contribution in [2.75, 3.05) is 47.1 Å². The highest BCUT2D eigenvalue weighted by Gasteiger charge is 2.24. The second-order valence-corrected chi connectivity index (χ2v) is 4.85. The van der Waals surface area contributed by atoms with Crippen LogP contribution in [0.1, 0.15) is 13.3 Å². The molecule has 0 aromatic carbocycles. The molecule has 1 atom stereocenters. The molecule has 0 saturated carbocycles. The number of hydrogen-bond acceptors (Lipinski definition) is 5. The van der Waals surface area contributed by atoms with Crippen molar-refractivity contribution < 1.29 is 19.1 Å². The zero-order chi connectivity index (χ0) is 15.0. The van der Waals surface area contributed by atoms with Gasteiger partial charge in [0.05, 0.1) is 6.61 Å². The Morgan fingerprint density at radius 1 is 1.15 bits per heavy atom. The molecule has 6 nitrogen and oxygen atoms in total. The van der Waals surface area contributed by atoms with Crippen molar-refractivity contribution in [3.05, 3.63) is 12.2 Å². The Hall–Kier alpha value is -1.24. The summed E-state index contributed by atoms with van der Waals surface area (Å²) in [7, 11) is 3.34. The Bertz CT molecular complexity index is 339. The minimum atomic E-state index is -0.230. The fourth-order valence-electron chi connectivity index (χ4n) is 2.19. The first-order valence-corrected chi connectivity index (χ1v) is 6.85. The molecule has 0 fully saturated rings. The monoisotopic (exact) mass is 284 g/mol. The summed E-state index contributed by atoms with van der Waals surface area (Å²) in [5, 5.41) is 0. The van der Waals surface area contributed by atoms with Gasteiger partial charge in [-0.05, 0) is 13.3 Å². The van der Waals surface area contributed by atoms with Crippen molar-refractivity contribution in [3.8, 4) is 0 Å². The zero-order valence-electron chi connectivity index (χ0n) is 12.5. The number of amides is 2. The first kappa shape index (κ1) is 16.8. The van der Waals surface area contributed by atoms with E-state index in [1.54, 1.807) is 14.2 Å². The highest BCUT2D eigenvalue weighted by molar-refractivity contribution is 6.12. The molecule has 0 aromatic heterocycles. The molecule has 0 aliphatic carbocycles. The highest BCUT2D eigenvalue weighted by Crippen LogP contribution is 2.06. The van der Waals surface area contributed by atoms with Crippen LogP contribution in [0.15, 0.2) is 12.2 Å². The van der Waals surface area contributed by atoms with Crippen LogP contribution in [0.4, 0.5) is 0 Å². The first-order chi connectivity index (χ1) is 9.60. The molecular weight excluding hydrogens is 260 g/mol. The van der Waals surface area contributed by atoms with Gasteiger partial charge in [0.15, 0.2) is 0 Å². The highest BCUT2D eigenvalue weighted by atomic mass is 16.5. The Morgan fingerprint density at radius 2 is 1.80 bits per heavy atom. The van der Waals surface area contributed by atoms with E-state index in [1.165, 1.54) is 17.1 Å². The van der Waals surface area contributed by atoms with E-state index in [1.807, 2.05) is 0 Å². The molecule has 1 unspecified atom stereocenters. The Balaban J connectivity index is 2.46. The van der Waals surface area contributed by atoms with E-state index in [4.69, 9.17) is 9.47 Å². The number of rotatable bonds is 10. The van der Waals surface area contributed by atoms with Crippen LogP contribution in [0.2, 0.25) is 0 Å². The molecule has 0 N–H and O–H groups in total. The zero-order valence-corrected chi connectivity index (χ0v) is 12.5. The molecule has 0 aromatic rings. The third kappa shape index (κ3) is 5.03. The lowest BCUT2D eigenvalue weighted by atomic mass is 10.2. The molecular formula is C14H24N2O4. The maximum atomic E-state index is 11.5. The summed E-state index contributed by atoms with van der Waals surface area (Å²) in [6.07, 6.45) is 3.54. The van der Waals surface area contributed by atoms with E-state index in [-0.39, 0.29) is 17.9 Å². The number of imide groups is 1. The quantitative estimate of drug-likeness (QED) is 0.426. The number of carbonyl (C=O) groups is 2. The van der Waals surface area contributed by atoms with Gasteiger partial charge in [0.1, 0.15) is 0 Å². The fourth-order valence-corrected chi connectivity index (χ4v) is 2.19. The number of methoxy groups -OCH3 is 2. The molecule has 20 heavy (non-hydrogen) atoms. The summed E-state index contributed by atoms with van der Waals surface area (Å²) in [4.78, 5) is 26.5. The number of ether oxygens (including phenoxy) is 2. The lowest BCUT2D eigenvalue weighted by molar-refractivity contribution is -0.137. The molecule has 0 saturated heterocycles. The Morgan fingerprint density at radius 3 is 2.35 bits per heavy atom. The van der Waals surface area contributed by atoms with Gasteiger partial charge in [-0.1, -0.05) is 0 Å². The van der Waals surface area contributed by atoms with Crippen LogP contribution in [0.5, 0.6) is 0 Å². The van der Waals surface area contributed by atoms with Crippen molar-refractivity contribution in [2.24, 2.45) is 0 Å². The average Bonchev–Trinajstić information content (AvgIpc) is 2.74. The van der Waals surface area contributed by atoms with Crippen molar-refractivity contribution in [3.63, 3.8) is 0 Å². The van der Waals surface area contributed by atoms with Crippen molar-refractivity contribution in [1.29, 1.82) is 0 Å². The van der Waals surface area contributed by atoms with E-state index < -0.39 is 0 Å². The van der Waals surface area contributed by atoms with Crippen LogP contribution < -0.4 is 0 Å². The van der Waals surface area contributed by atoms with Crippen molar-refractivity contribution in [1.82, 2.24) is 9.80 Å². The second-order valence-electron chi connectivity index (χ2n) is 4.85. The third-order valence-corrected chi connectivity index (χ3v) is 3.34. The molecule has 0 spiro atoms. The van der Waals surface area contributed by atoms with E-state index in [0.717, 1.165) is 13.0 Å². The van der Waals surface area contributed by atoms with Crippen LogP contribution in [0.25, 0.3) is 0 Å². The Kier molecular flexibility index (Phi) is 7.43. The van der Waals surface area contributed by atoms with Crippen molar-refractivity contribution >= 4 is 11.8 Å². The molecule has 2 amide bonds. The van der Waals surface area contributed by atoms with Gasteiger partial charge in [0.25, 0.3) is 11.8 Å². The summed E-state index contributed by atoms with van der Waals surface area (Å²) < 4.78 is 10.2. The van der Waals surface area contributed by atoms with Crippen LogP contribution in [-0.4, -0.2) is 74.7 Å². The maximum Gasteiger partial charge on any atom is 0.253 e. The predicted octanol–water partition coefficient (Wildman–Crippen LogP) is 0.285. The maximum absolute atomic E-state index is 11.5. The Labute approximate surface area is 120 Å².